The molecule has 4 N–H and O–H groups in total. The summed E-state index contributed by atoms with van der Waals surface area (Å²) in [5.41, 5.74) is 5.36. The molecule has 1 rings (SSSR count). The van der Waals surface area contributed by atoms with Crippen molar-refractivity contribution >= 4 is 18.3 Å². The zero-order chi connectivity index (χ0) is 10.7. The van der Waals surface area contributed by atoms with Crippen molar-refractivity contribution in [2.75, 3.05) is 11.5 Å². The molecule has 0 saturated carbocycles. The van der Waals surface area contributed by atoms with E-state index in [1.165, 1.54) is 6.07 Å². The molecule has 0 amide bonds. The zero-order valence-corrected chi connectivity index (χ0v) is 8.16. The molecule has 2 atom stereocenters. The van der Waals surface area contributed by atoms with Gasteiger partial charge in [0.25, 0.3) is 0 Å². The first kappa shape index (κ1) is 11.2. The van der Waals surface area contributed by atoms with Crippen LogP contribution in [0.2, 0.25) is 0 Å². The van der Waals surface area contributed by atoms with E-state index in [1.54, 1.807) is 0 Å². The fourth-order valence-corrected chi connectivity index (χ4v) is 1.17. The van der Waals surface area contributed by atoms with Crippen LogP contribution in [0.5, 0.6) is 0 Å². The quantitative estimate of drug-likeness (QED) is 0.429. The molecule has 1 aromatic rings. The van der Waals surface area contributed by atoms with Gasteiger partial charge in [-0.2, -0.15) is 17.0 Å². The number of halogens is 1. The maximum absolute atomic E-state index is 12.6. The van der Waals surface area contributed by atoms with Crippen LogP contribution in [0.25, 0.3) is 0 Å². The average Bonchev–Trinajstić information content (AvgIpc) is 2.20. The Morgan fingerprint density at radius 2 is 2.21 bits per heavy atom. The maximum Gasteiger partial charge on any atom is 0.236 e. The molecule has 0 saturated heterocycles. The van der Waals surface area contributed by atoms with Crippen LogP contribution in [-0.2, 0) is 0 Å². The third kappa shape index (κ3) is 2.34. The van der Waals surface area contributed by atoms with Gasteiger partial charge < -0.3 is 15.9 Å². The third-order valence-electron chi connectivity index (χ3n) is 1.78. The molecule has 78 valence electrons. The van der Waals surface area contributed by atoms with Crippen LogP contribution < -0.4 is 5.73 Å². The van der Waals surface area contributed by atoms with Gasteiger partial charge in [0.15, 0.2) is 0 Å². The lowest BCUT2D eigenvalue weighted by Crippen LogP contribution is -2.20. The summed E-state index contributed by atoms with van der Waals surface area (Å²) in [4.78, 5) is 3.33. The second-order valence-corrected chi connectivity index (χ2v) is 3.21. The van der Waals surface area contributed by atoms with E-state index in [0.29, 0.717) is 0 Å². The lowest BCUT2D eigenvalue weighted by molar-refractivity contribution is 0.0335. The maximum atomic E-state index is 12.6. The molecule has 1 heterocycles. The van der Waals surface area contributed by atoms with Crippen molar-refractivity contribution in [3.63, 3.8) is 0 Å². The second kappa shape index (κ2) is 4.59. The summed E-state index contributed by atoms with van der Waals surface area (Å²) in [5.74, 6) is -0.695. The largest absolute Gasteiger partial charge is 0.395 e. The lowest BCUT2D eigenvalue weighted by atomic mass is 10.1. The molecule has 2 unspecified atom stereocenters. The SMILES string of the molecule is Nc1cc(C(O)C(O)CS)cnc1F. The lowest BCUT2D eigenvalue weighted by Gasteiger charge is -2.15. The minimum absolute atomic E-state index is 0.0957. The van der Waals surface area contributed by atoms with E-state index >= 15 is 0 Å². The molecular formula is C8H11FN2O2S. The highest BCUT2D eigenvalue weighted by molar-refractivity contribution is 7.80. The number of aliphatic hydroxyl groups is 2. The van der Waals surface area contributed by atoms with Crippen LogP contribution in [0.3, 0.4) is 0 Å². The third-order valence-corrected chi connectivity index (χ3v) is 2.15. The first-order valence-electron chi connectivity index (χ1n) is 3.94. The highest BCUT2D eigenvalue weighted by Gasteiger charge is 2.18. The summed E-state index contributed by atoms with van der Waals surface area (Å²) >= 11 is 3.82. The van der Waals surface area contributed by atoms with Crippen molar-refractivity contribution < 1.29 is 14.6 Å². The van der Waals surface area contributed by atoms with Crippen molar-refractivity contribution in [1.82, 2.24) is 4.98 Å². The Morgan fingerprint density at radius 3 is 2.71 bits per heavy atom. The number of aliphatic hydroxyl groups excluding tert-OH is 2. The summed E-state index contributed by atoms with van der Waals surface area (Å²) in [5, 5.41) is 18.7. The average molecular weight is 218 g/mol. The predicted octanol–water partition coefficient (Wildman–Crippen LogP) is 0.127. The molecule has 4 nitrogen and oxygen atoms in total. The molecule has 0 aliphatic heterocycles. The molecule has 0 radical (unpaired) electrons. The molecule has 0 spiro atoms. The van der Waals surface area contributed by atoms with Crippen molar-refractivity contribution in [3.8, 4) is 0 Å². The van der Waals surface area contributed by atoms with E-state index in [-0.39, 0.29) is 17.0 Å². The Hall–Kier alpha value is -0.850. The van der Waals surface area contributed by atoms with E-state index in [4.69, 9.17) is 5.73 Å². The number of rotatable bonds is 3. The molecular weight excluding hydrogens is 207 g/mol. The zero-order valence-electron chi connectivity index (χ0n) is 7.26. The molecule has 0 aliphatic carbocycles. The van der Waals surface area contributed by atoms with E-state index in [2.05, 4.69) is 17.6 Å². The summed E-state index contributed by atoms with van der Waals surface area (Å²) in [6.07, 6.45) is -1.05. The summed E-state index contributed by atoms with van der Waals surface area (Å²) in [6, 6.07) is 1.24. The van der Waals surface area contributed by atoms with Gasteiger partial charge in [0, 0.05) is 17.5 Å². The Kier molecular flexibility index (Phi) is 3.68. The van der Waals surface area contributed by atoms with Crippen LogP contribution in [0.15, 0.2) is 12.3 Å². The molecule has 14 heavy (non-hydrogen) atoms. The fourth-order valence-electron chi connectivity index (χ4n) is 0.966. The Labute approximate surface area is 86.0 Å². The van der Waals surface area contributed by atoms with Gasteiger partial charge in [-0.3, -0.25) is 0 Å². The van der Waals surface area contributed by atoms with Crippen LogP contribution in [0, 0.1) is 5.95 Å². The topological polar surface area (TPSA) is 79.4 Å². The van der Waals surface area contributed by atoms with Crippen molar-refractivity contribution in [3.05, 3.63) is 23.8 Å². The number of nitrogens with two attached hydrogens (primary N) is 1. The molecule has 1 aromatic heterocycles. The van der Waals surface area contributed by atoms with Gasteiger partial charge in [-0.05, 0) is 6.07 Å². The van der Waals surface area contributed by atoms with Crippen LogP contribution in [0.1, 0.15) is 11.7 Å². The Balaban J connectivity index is 2.91. The van der Waals surface area contributed by atoms with E-state index in [0.717, 1.165) is 6.20 Å². The first-order valence-corrected chi connectivity index (χ1v) is 4.57. The van der Waals surface area contributed by atoms with Crippen LogP contribution in [0.4, 0.5) is 10.1 Å². The Morgan fingerprint density at radius 1 is 1.57 bits per heavy atom. The number of nitrogens with zero attached hydrogens (tertiary/aromatic N) is 1. The van der Waals surface area contributed by atoms with Gasteiger partial charge in [0.05, 0.1) is 11.8 Å². The molecule has 0 bridgehead atoms. The normalized spacial score (nSPS) is 15.1. The second-order valence-electron chi connectivity index (χ2n) is 2.84. The number of hydrogen-bond donors (Lipinski definition) is 4. The van der Waals surface area contributed by atoms with Gasteiger partial charge in [-0.1, -0.05) is 0 Å². The number of pyridine rings is 1. The summed E-state index contributed by atoms with van der Waals surface area (Å²) in [6.45, 7) is 0. The van der Waals surface area contributed by atoms with Crippen molar-refractivity contribution in [2.45, 2.75) is 12.2 Å². The van der Waals surface area contributed by atoms with Crippen molar-refractivity contribution in [1.29, 1.82) is 0 Å². The van der Waals surface area contributed by atoms with E-state index in [1.807, 2.05) is 0 Å². The molecule has 0 fully saturated rings. The molecule has 0 aliphatic rings. The number of aromatic nitrogens is 1. The van der Waals surface area contributed by atoms with Gasteiger partial charge in [-0.25, -0.2) is 4.98 Å². The Bertz CT molecular complexity index is 324. The van der Waals surface area contributed by atoms with Gasteiger partial charge >= 0.3 is 0 Å². The van der Waals surface area contributed by atoms with Crippen LogP contribution in [-0.4, -0.2) is 27.1 Å². The molecule has 0 aromatic carbocycles. The fraction of sp³-hybridized carbons (Fsp3) is 0.375. The van der Waals surface area contributed by atoms with Gasteiger partial charge in [-0.15, -0.1) is 0 Å². The summed E-state index contributed by atoms with van der Waals surface area (Å²) in [7, 11) is 0. The predicted molar refractivity (Wildman–Crippen MR) is 53.4 cm³/mol. The number of nitrogen functional groups attached to an aromatic ring is 1. The minimum atomic E-state index is -1.15. The standard InChI is InChI=1S/C8H11FN2O2S/c9-8-5(10)1-4(2-11-8)7(13)6(12)3-14/h1-2,6-7,12-14H,3,10H2. The number of thiol groups is 1. The highest BCUT2D eigenvalue weighted by Crippen LogP contribution is 2.19. The smallest absolute Gasteiger partial charge is 0.236 e. The highest BCUT2D eigenvalue weighted by atomic mass is 32.1. The van der Waals surface area contributed by atoms with Crippen LogP contribution >= 0.6 is 12.6 Å². The van der Waals surface area contributed by atoms with Gasteiger partial charge in [0.2, 0.25) is 5.95 Å². The number of anilines is 1. The monoisotopic (exact) mass is 218 g/mol. The first-order chi connectivity index (χ1) is 6.56. The van der Waals surface area contributed by atoms with Crippen molar-refractivity contribution in [2.24, 2.45) is 0 Å². The van der Waals surface area contributed by atoms with E-state index in [9.17, 15) is 14.6 Å². The van der Waals surface area contributed by atoms with Gasteiger partial charge in [0.1, 0.15) is 6.10 Å². The van der Waals surface area contributed by atoms with E-state index < -0.39 is 18.2 Å². The molecule has 6 heteroatoms. The summed E-state index contributed by atoms with van der Waals surface area (Å²) < 4.78 is 12.6. The minimum Gasteiger partial charge on any atom is -0.395 e. The number of hydrogen-bond acceptors (Lipinski definition) is 5.